The van der Waals surface area contributed by atoms with Crippen LogP contribution in [0.25, 0.3) is 0 Å². The second kappa shape index (κ2) is 7.23. The van der Waals surface area contributed by atoms with Crippen molar-refractivity contribution in [2.45, 2.75) is 42.7 Å². The molecule has 2 saturated heterocycles. The Morgan fingerprint density at radius 3 is 2.52 bits per heavy atom. The van der Waals surface area contributed by atoms with Gasteiger partial charge in [-0.2, -0.15) is 0 Å². The van der Waals surface area contributed by atoms with Crippen molar-refractivity contribution in [3.8, 4) is 0 Å². The Morgan fingerprint density at radius 1 is 1.10 bits per heavy atom. The molecule has 0 aliphatic carbocycles. The Morgan fingerprint density at radius 2 is 1.77 bits per heavy atom. The Hall–Kier alpha value is -3.13. The lowest BCUT2D eigenvalue weighted by Crippen LogP contribution is -2.65. The van der Waals surface area contributed by atoms with E-state index in [1.807, 2.05) is 44.2 Å². The molecule has 0 spiro atoms. The fourth-order valence-corrected chi connectivity index (χ4v) is 5.77. The monoisotopic (exact) mass is 436 g/mol. The zero-order valence-corrected chi connectivity index (χ0v) is 17.8. The van der Waals surface area contributed by atoms with Crippen molar-refractivity contribution in [3.05, 3.63) is 71.3 Å². The number of amides is 1. The van der Waals surface area contributed by atoms with E-state index in [-0.39, 0.29) is 23.8 Å². The van der Waals surface area contributed by atoms with E-state index in [1.54, 1.807) is 29.2 Å². The van der Waals surface area contributed by atoms with Crippen LogP contribution in [0.15, 0.2) is 59.6 Å². The molecule has 8 heteroatoms. The number of ether oxygens (including phenoxy) is 2. The largest absolute Gasteiger partial charge is 0.459 e. The number of rotatable bonds is 4. The molecule has 0 N–H and O–H groups in total. The maximum absolute atomic E-state index is 13.0. The van der Waals surface area contributed by atoms with Gasteiger partial charge in [-0.25, -0.2) is 14.6 Å². The van der Waals surface area contributed by atoms with Crippen LogP contribution in [0.2, 0.25) is 0 Å². The molecule has 0 bridgehead atoms. The van der Waals surface area contributed by atoms with E-state index in [0.29, 0.717) is 11.1 Å². The number of hydrogen-bond donors (Lipinski definition) is 0. The average Bonchev–Trinajstić information content (AvgIpc) is 3.22. The summed E-state index contributed by atoms with van der Waals surface area (Å²) in [7, 11) is 0. The Balaban J connectivity index is 1.34. The summed E-state index contributed by atoms with van der Waals surface area (Å²) in [5.41, 5.74) is 1.91. The molecular formula is C23H20N2O5S. The van der Waals surface area contributed by atoms with Gasteiger partial charge in [0.25, 0.3) is 5.91 Å². The molecule has 3 atom stereocenters. The molecule has 31 heavy (non-hydrogen) atoms. The van der Waals surface area contributed by atoms with Crippen LogP contribution < -0.4 is 0 Å². The SMILES string of the molecule is CC1(C)S[C@@H]2[C@@H](N=C3OC(=O)c4ccccc43)C(=O)N2[C@H]1C(=O)OCc1ccccc1. The van der Waals surface area contributed by atoms with Gasteiger partial charge in [0, 0.05) is 4.75 Å². The zero-order valence-electron chi connectivity index (χ0n) is 17.0. The maximum Gasteiger partial charge on any atom is 0.345 e. The third-order valence-electron chi connectivity index (χ3n) is 5.68. The lowest BCUT2D eigenvalue weighted by molar-refractivity contribution is -0.163. The minimum absolute atomic E-state index is 0.155. The first-order chi connectivity index (χ1) is 14.9. The summed E-state index contributed by atoms with van der Waals surface area (Å²) in [6.45, 7) is 4.00. The van der Waals surface area contributed by atoms with Crippen LogP contribution in [0.4, 0.5) is 0 Å². The highest BCUT2D eigenvalue weighted by molar-refractivity contribution is 8.01. The van der Waals surface area contributed by atoms with Gasteiger partial charge in [-0.1, -0.05) is 42.5 Å². The smallest absolute Gasteiger partial charge is 0.345 e. The summed E-state index contributed by atoms with van der Waals surface area (Å²) in [5.74, 6) is -1.01. The van der Waals surface area contributed by atoms with Crippen LogP contribution in [0.1, 0.15) is 35.3 Å². The minimum atomic E-state index is -0.704. The average molecular weight is 436 g/mol. The van der Waals surface area contributed by atoms with Crippen LogP contribution >= 0.6 is 11.8 Å². The molecule has 1 amide bonds. The van der Waals surface area contributed by atoms with E-state index in [9.17, 15) is 14.4 Å². The molecule has 5 rings (SSSR count). The van der Waals surface area contributed by atoms with Gasteiger partial charge >= 0.3 is 11.9 Å². The van der Waals surface area contributed by atoms with E-state index in [0.717, 1.165) is 5.56 Å². The van der Waals surface area contributed by atoms with E-state index < -0.39 is 28.8 Å². The lowest BCUT2D eigenvalue weighted by Gasteiger charge is -2.41. The number of carbonyl (C=O) groups is 3. The highest BCUT2D eigenvalue weighted by Gasteiger charge is 2.64. The molecule has 0 aromatic heterocycles. The first kappa shape index (κ1) is 19.8. The number of carbonyl (C=O) groups excluding carboxylic acids is 3. The zero-order chi connectivity index (χ0) is 21.8. The Bertz CT molecular complexity index is 1110. The molecule has 2 fully saturated rings. The summed E-state index contributed by atoms with van der Waals surface area (Å²) in [6.07, 6.45) is 0. The van der Waals surface area contributed by atoms with Crippen molar-refractivity contribution in [2.24, 2.45) is 4.99 Å². The summed E-state index contributed by atoms with van der Waals surface area (Å²) < 4.78 is 10.3. The van der Waals surface area contributed by atoms with Crippen molar-refractivity contribution in [3.63, 3.8) is 0 Å². The quantitative estimate of drug-likeness (QED) is 0.541. The Kier molecular flexibility index (Phi) is 4.62. The van der Waals surface area contributed by atoms with Crippen LogP contribution in [0.3, 0.4) is 0 Å². The number of cyclic esters (lactones) is 1. The van der Waals surface area contributed by atoms with Crippen molar-refractivity contribution < 1.29 is 23.9 Å². The normalized spacial score (nSPS) is 26.8. The second-order valence-electron chi connectivity index (χ2n) is 8.17. The number of thioether (sulfide) groups is 1. The molecular weight excluding hydrogens is 416 g/mol. The summed E-state index contributed by atoms with van der Waals surface area (Å²) in [5, 5.41) is -0.310. The number of fused-ring (bicyclic) bond motifs is 2. The number of nitrogens with zero attached hydrogens (tertiary/aromatic N) is 2. The van der Waals surface area contributed by atoms with Gasteiger partial charge in [0.15, 0.2) is 6.04 Å². The fraction of sp³-hybridized carbons (Fsp3) is 0.304. The number of hydrogen-bond acceptors (Lipinski definition) is 7. The van der Waals surface area contributed by atoms with Gasteiger partial charge in [0.05, 0.1) is 11.1 Å². The topological polar surface area (TPSA) is 85.3 Å². The first-order valence-electron chi connectivity index (χ1n) is 9.97. The molecule has 2 aromatic carbocycles. The van der Waals surface area contributed by atoms with Gasteiger partial charge in [-0.3, -0.25) is 4.79 Å². The fourth-order valence-electron chi connectivity index (χ4n) is 4.17. The molecule has 2 aromatic rings. The van der Waals surface area contributed by atoms with E-state index in [4.69, 9.17) is 9.47 Å². The van der Waals surface area contributed by atoms with Crippen molar-refractivity contribution in [2.75, 3.05) is 0 Å². The summed E-state index contributed by atoms with van der Waals surface area (Å²) in [4.78, 5) is 43.9. The highest BCUT2D eigenvalue weighted by Crippen LogP contribution is 2.52. The number of β-lactam (4-membered cyclic amide) rings is 1. The summed E-state index contributed by atoms with van der Waals surface area (Å²) >= 11 is 1.51. The van der Waals surface area contributed by atoms with E-state index >= 15 is 0 Å². The number of aliphatic imine (C=N–C) groups is 1. The van der Waals surface area contributed by atoms with Crippen LogP contribution in [0.5, 0.6) is 0 Å². The van der Waals surface area contributed by atoms with Crippen LogP contribution in [-0.4, -0.2) is 50.8 Å². The molecule has 7 nitrogen and oxygen atoms in total. The van der Waals surface area contributed by atoms with Crippen molar-refractivity contribution >= 4 is 35.5 Å². The van der Waals surface area contributed by atoms with Gasteiger partial charge in [-0.05, 0) is 31.5 Å². The van der Waals surface area contributed by atoms with Gasteiger partial charge in [0.1, 0.15) is 18.0 Å². The summed E-state index contributed by atoms with van der Waals surface area (Å²) in [6, 6.07) is 15.0. The predicted octanol–water partition coefficient (Wildman–Crippen LogP) is 2.78. The maximum atomic E-state index is 13.0. The lowest BCUT2D eigenvalue weighted by atomic mass is 9.96. The molecule has 0 saturated carbocycles. The third-order valence-corrected chi connectivity index (χ3v) is 7.24. The van der Waals surface area contributed by atoms with Gasteiger partial charge in [-0.15, -0.1) is 11.8 Å². The predicted molar refractivity (Wildman–Crippen MR) is 115 cm³/mol. The minimum Gasteiger partial charge on any atom is -0.459 e. The molecule has 3 heterocycles. The molecule has 0 unspecified atom stereocenters. The van der Waals surface area contributed by atoms with Gasteiger partial charge < -0.3 is 14.4 Å². The standard InChI is InChI=1S/C23H20N2O5S/c1-23(2)17(22(28)29-12-13-8-4-3-5-9-13)25-19(26)16(20(25)31-23)24-18-14-10-6-7-11-15(14)21(27)30-18/h3-11,16-17,20H,12H2,1-2H3/t16-,17-,20+/m0/s1. The molecule has 0 radical (unpaired) electrons. The van der Waals surface area contributed by atoms with Crippen molar-refractivity contribution in [1.29, 1.82) is 0 Å². The van der Waals surface area contributed by atoms with Crippen molar-refractivity contribution in [1.82, 2.24) is 4.90 Å². The highest BCUT2D eigenvalue weighted by atomic mass is 32.2. The number of benzene rings is 2. The molecule has 3 aliphatic rings. The Labute approximate surface area is 183 Å². The number of esters is 2. The van der Waals surface area contributed by atoms with Crippen LogP contribution in [0, 0.1) is 0 Å². The van der Waals surface area contributed by atoms with E-state index in [2.05, 4.69) is 4.99 Å². The third kappa shape index (κ3) is 3.22. The first-order valence-corrected chi connectivity index (χ1v) is 10.8. The second-order valence-corrected chi connectivity index (χ2v) is 9.94. The van der Waals surface area contributed by atoms with Gasteiger partial charge in [0.2, 0.25) is 5.90 Å². The van der Waals surface area contributed by atoms with Crippen LogP contribution in [-0.2, 0) is 25.7 Å². The van der Waals surface area contributed by atoms with E-state index in [1.165, 1.54) is 11.8 Å². The molecule has 158 valence electrons. The molecule has 3 aliphatic heterocycles.